The van der Waals surface area contributed by atoms with E-state index in [9.17, 15) is 9.59 Å². The lowest BCUT2D eigenvalue weighted by atomic mass is 10.1. The topological polar surface area (TPSA) is 90.7 Å². The lowest BCUT2D eigenvalue weighted by Crippen LogP contribution is -2.60. The molecule has 0 aliphatic carbocycles. The number of aromatic nitrogens is 2. The summed E-state index contributed by atoms with van der Waals surface area (Å²) in [5, 5.41) is 1.89. The molecule has 0 bridgehead atoms. The Labute approximate surface area is 203 Å². The second kappa shape index (κ2) is 9.02. The SMILES string of the molecule is COc1ccc(OC)c2[nH]c(C(=O)N3C[C@@H](C)N(C(=O)Cc4cc5ccccc5[nH]4)[C@H](C)C3)cc12. The largest absolute Gasteiger partial charge is 0.496 e. The minimum absolute atomic E-state index is 0.0590. The van der Waals surface area contributed by atoms with E-state index in [4.69, 9.17) is 9.47 Å². The van der Waals surface area contributed by atoms with Crippen LogP contribution in [-0.2, 0) is 11.2 Å². The van der Waals surface area contributed by atoms with Crippen LogP contribution < -0.4 is 9.47 Å². The first kappa shape index (κ1) is 22.8. The summed E-state index contributed by atoms with van der Waals surface area (Å²) in [7, 11) is 3.20. The number of methoxy groups -OCH3 is 2. The zero-order valence-electron chi connectivity index (χ0n) is 20.4. The number of hydrogen-bond acceptors (Lipinski definition) is 4. The average Bonchev–Trinajstić information content (AvgIpc) is 3.46. The zero-order chi connectivity index (χ0) is 24.7. The van der Waals surface area contributed by atoms with E-state index in [2.05, 4.69) is 9.97 Å². The number of nitrogens with zero attached hydrogens (tertiary/aromatic N) is 2. The molecule has 1 fully saturated rings. The van der Waals surface area contributed by atoms with Gasteiger partial charge >= 0.3 is 0 Å². The van der Waals surface area contributed by atoms with Crippen LogP contribution in [0.3, 0.4) is 0 Å². The molecule has 3 heterocycles. The predicted molar refractivity (Wildman–Crippen MR) is 135 cm³/mol. The average molecular weight is 475 g/mol. The van der Waals surface area contributed by atoms with Crippen LogP contribution in [0.15, 0.2) is 48.5 Å². The molecule has 1 saturated heterocycles. The van der Waals surface area contributed by atoms with Gasteiger partial charge in [-0.2, -0.15) is 0 Å². The molecular formula is C27H30N4O4. The van der Waals surface area contributed by atoms with E-state index in [0.717, 1.165) is 27.5 Å². The number of nitrogens with one attached hydrogen (secondary N) is 2. The highest BCUT2D eigenvalue weighted by molar-refractivity contribution is 6.01. The monoisotopic (exact) mass is 474 g/mol. The van der Waals surface area contributed by atoms with Crippen molar-refractivity contribution in [1.29, 1.82) is 0 Å². The van der Waals surface area contributed by atoms with Gasteiger partial charge in [0.05, 0.1) is 26.2 Å². The van der Waals surface area contributed by atoms with Crippen molar-refractivity contribution >= 4 is 33.6 Å². The molecule has 35 heavy (non-hydrogen) atoms. The fourth-order valence-electron chi connectivity index (χ4n) is 5.26. The molecule has 0 saturated carbocycles. The normalized spacial score (nSPS) is 18.3. The fourth-order valence-corrected chi connectivity index (χ4v) is 5.26. The van der Waals surface area contributed by atoms with Crippen LogP contribution in [0.1, 0.15) is 30.0 Å². The Hall–Kier alpha value is -3.94. The maximum atomic E-state index is 13.4. The molecule has 5 rings (SSSR count). The van der Waals surface area contributed by atoms with Gasteiger partial charge in [-0.1, -0.05) is 18.2 Å². The van der Waals surface area contributed by atoms with Gasteiger partial charge in [0, 0.05) is 41.8 Å². The van der Waals surface area contributed by atoms with Crippen LogP contribution in [-0.4, -0.2) is 71.0 Å². The molecule has 0 spiro atoms. The highest BCUT2D eigenvalue weighted by Crippen LogP contribution is 2.34. The number of rotatable bonds is 5. The Morgan fingerprint density at radius 2 is 1.63 bits per heavy atom. The third kappa shape index (κ3) is 4.09. The summed E-state index contributed by atoms with van der Waals surface area (Å²) in [6.45, 7) is 4.92. The standard InChI is InChI=1S/C27H30N4O4/c1-16-14-30(27(33)22-13-20-23(34-3)9-10-24(35-4)26(20)29-22)15-17(2)31(16)25(32)12-19-11-18-7-5-6-8-21(18)28-19/h5-11,13,16-17,28-29H,12,14-15H2,1-4H3/t16-,17-/m1/s1. The fraction of sp³-hybridized carbons (Fsp3) is 0.333. The Bertz CT molecular complexity index is 1320. The highest BCUT2D eigenvalue weighted by atomic mass is 16.5. The zero-order valence-corrected chi connectivity index (χ0v) is 20.4. The van der Waals surface area contributed by atoms with Crippen molar-refractivity contribution in [3.05, 3.63) is 59.9 Å². The lowest BCUT2D eigenvalue weighted by Gasteiger charge is -2.44. The van der Waals surface area contributed by atoms with Gasteiger partial charge in [0.1, 0.15) is 17.2 Å². The molecule has 1 aliphatic rings. The summed E-state index contributed by atoms with van der Waals surface area (Å²) in [4.78, 5) is 36.9. The summed E-state index contributed by atoms with van der Waals surface area (Å²) in [6.07, 6.45) is 0.304. The van der Waals surface area contributed by atoms with Gasteiger partial charge < -0.3 is 29.2 Å². The quantitative estimate of drug-likeness (QED) is 0.458. The van der Waals surface area contributed by atoms with Gasteiger partial charge in [-0.25, -0.2) is 0 Å². The number of para-hydroxylation sites is 1. The number of piperazine rings is 1. The van der Waals surface area contributed by atoms with Crippen molar-refractivity contribution in [2.24, 2.45) is 0 Å². The number of amides is 2. The number of H-pyrrole nitrogens is 2. The van der Waals surface area contributed by atoms with Crippen molar-refractivity contribution in [3.8, 4) is 11.5 Å². The van der Waals surface area contributed by atoms with Crippen molar-refractivity contribution in [2.75, 3.05) is 27.3 Å². The second-order valence-corrected chi connectivity index (χ2v) is 9.21. The van der Waals surface area contributed by atoms with Gasteiger partial charge in [-0.05, 0) is 49.6 Å². The minimum atomic E-state index is -0.105. The van der Waals surface area contributed by atoms with Gasteiger partial charge in [0.25, 0.3) is 5.91 Å². The number of hydrogen-bond donors (Lipinski definition) is 2. The van der Waals surface area contributed by atoms with Crippen LogP contribution in [0, 0.1) is 0 Å². The first-order valence-corrected chi connectivity index (χ1v) is 11.8. The minimum Gasteiger partial charge on any atom is -0.496 e. The molecule has 0 unspecified atom stereocenters. The van der Waals surface area contributed by atoms with Crippen molar-refractivity contribution in [3.63, 3.8) is 0 Å². The van der Waals surface area contributed by atoms with Crippen LogP contribution in [0.4, 0.5) is 0 Å². The molecule has 0 radical (unpaired) electrons. The summed E-state index contributed by atoms with van der Waals surface area (Å²) < 4.78 is 10.9. The molecule has 2 amide bonds. The molecule has 2 N–H and O–H groups in total. The molecule has 8 heteroatoms. The second-order valence-electron chi connectivity index (χ2n) is 9.21. The maximum Gasteiger partial charge on any atom is 0.270 e. The van der Waals surface area contributed by atoms with Crippen LogP contribution in [0.2, 0.25) is 0 Å². The number of fused-ring (bicyclic) bond motifs is 2. The van der Waals surface area contributed by atoms with E-state index in [1.165, 1.54) is 0 Å². The van der Waals surface area contributed by atoms with E-state index < -0.39 is 0 Å². The Balaban J connectivity index is 1.32. The lowest BCUT2D eigenvalue weighted by molar-refractivity contribution is -0.137. The summed E-state index contributed by atoms with van der Waals surface area (Å²) in [5.41, 5.74) is 3.12. The highest BCUT2D eigenvalue weighted by Gasteiger charge is 2.35. The van der Waals surface area contributed by atoms with E-state index in [-0.39, 0.29) is 23.9 Å². The smallest absolute Gasteiger partial charge is 0.270 e. The summed E-state index contributed by atoms with van der Waals surface area (Å²) in [6, 6.07) is 15.3. The molecule has 8 nitrogen and oxygen atoms in total. The summed E-state index contributed by atoms with van der Waals surface area (Å²) >= 11 is 0. The number of carbonyl (C=O) groups excluding carboxylic acids is 2. The van der Waals surface area contributed by atoms with Crippen LogP contribution in [0.5, 0.6) is 11.5 Å². The Kier molecular flexibility index (Phi) is 5.88. The Morgan fingerprint density at radius 1 is 0.943 bits per heavy atom. The molecular weight excluding hydrogens is 444 g/mol. The third-order valence-electron chi connectivity index (χ3n) is 6.81. The number of aromatic amines is 2. The van der Waals surface area contributed by atoms with E-state index >= 15 is 0 Å². The number of benzene rings is 2. The number of ether oxygens (including phenoxy) is 2. The molecule has 2 atom stereocenters. The van der Waals surface area contributed by atoms with Crippen molar-refractivity contribution in [2.45, 2.75) is 32.4 Å². The molecule has 182 valence electrons. The van der Waals surface area contributed by atoms with Crippen molar-refractivity contribution < 1.29 is 19.1 Å². The molecule has 4 aromatic rings. The van der Waals surface area contributed by atoms with E-state index in [1.54, 1.807) is 14.2 Å². The summed E-state index contributed by atoms with van der Waals surface area (Å²) in [5.74, 6) is 1.27. The third-order valence-corrected chi connectivity index (χ3v) is 6.81. The van der Waals surface area contributed by atoms with Gasteiger partial charge in [0.15, 0.2) is 0 Å². The molecule has 2 aromatic heterocycles. The van der Waals surface area contributed by atoms with Crippen molar-refractivity contribution in [1.82, 2.24) is 19.8 Å². The van der Waals surface area contributed by atoms with E-state index in [1.807, 2.05) is 72.2 Å². The molecule has 2 aromatic carbocycles. The first-order chi connectivity index (χ1) is 16.9. The predicted octanol–water partition coefficient (Wildman–Crippen LogP) is 3.97. The first-order valence-electron chi connectivity index (χ1n) is 11.8. The Morgan fingerprint density at radius 3 is 2.31 bits per heavy atom. The molecule has 1 aliphatic heterocycles. The number of carbonyl (C=O) groups is 2. The van der Waals surface area contributed by atoms with Crippen LogP contribution >= 0.6 is 0 Å². The van der Waals surface area contributed by atoms with Gasteiger partial charge in [0.2, 0.25) is 5.91 Å². The van der Waals surface area contributed by atoms with Gasteiger partial charge in [-0.15, -0.1) is 0 Å². The maximum absolute atomic E-state index is 13.4. The van der Waals surface area contributed by atoms with Crippen LogP contribution in [0.25, 0.3) is 21.8 Å². The van der Waals surface area contributed by atoms with Gasteiger partial charge in [-0.3, -0.25) is 9.59 Å². The van der Waals surface area contributed by atoms with E-state index in [0.29, 0.717) is 36.7 Å².